The molecule has 0 aromatic carbocycles. The van der Waals surface area contributed by atoms with E-state index in [0.717, 1.165) is 11.8 Å². The van der Waals surface area contributed by atoms with Crippen LogP contribution in [-0.4, -0.2) is 9.65 Å². The van der Waals surface area contributed by atoms with Crippen molar-refractivity contribution in [1.82, 2.24) is 0 Å². The van der Waals surface area contributed by atoms with Gasteiger partial charge in [-0.2, -0.15) is 0 Å². The Morgan fingerprint density at radius 1 is 0.700 bits per heavy atom. The van der Waals surface area contributed by atoms with Crippen molar-refractivity contribution in [2.24, 2.45) is 11.8 Å². The molecule has 10 heavy (non-hydrogen) atoms. The van der Waals surface area contributed by atoms with Crippen LogP contribution >= 0.6 is 31.9 Å². The second-order valence-corrected chi connectivity index (χ2v) is 5.96. The van der Waals surface area contributed by atoms with E-state index in [-0.39, 0.29) is 0 Å². The third kappa shape index (κ3) is 3.38. The van der Waals surface area contributed by atoms with E-state index in [0.29, 0.717) is 9.65 Å². The van der Waals surface area contributed by atoms with E-state index in [9.17, 15) is 0 Å². The highest BCUT2D eigenvalue weighted by molar-refractivity contribution is 9.09. The van der Waals surface area contributed by atoms with Crippen LogP contribution in [0.15, 0.2) is 0 Å². The van der Waals surface area contributed by atoms with Crippen molar-refractivity contribution in [2.75, 3.05) is 0 Å². The molecule has 0 amide bonds. The summed E-state index contributed by atoms with van der Waals surface area (Å²) in [5.74, 6) is 1.46. The third-order valence-electron chi connectivity index (χ3n) is 2.28. The molecule has 2 heteroatoms. The third-order valence-corrected chi connectivity index (χ3v) is 3.95. The minimum atomic E-state index is 0.613. The summed E-state index contributed by atoms with van der Waals surface area (Å²) < 4.78 is 0. The van der Waals surface area contributed by atoms with Crippen LogP contribution in [0.4, 0.5) is 0 Å². The molecule has 0 rings (SSSR count). The van der Waals surface area contributed by atoms with Crippen molar-refractivity contribution in [1.29, 1.82) is 0 Å². The maximum Gasteiger partial charge on any atom is 0.0146 e. The van der Waals surface area contributed by atoms with Gasteiger partial charge in [-0.15, -0.1) is 0 Å². The molecule has 0 spiro atoms. The van der Waals surface area contributed by atoms with Crippen LogP contribution in [0.3, 0.4) is 0 Å². The first-order valence-corrected chi connectivity index (χ1v) is 5.58. The molecule has 0 aromatic heterocycles. The van der Waals surface area contributed by atoms with Gasteiger partial charge in [-0.25, -0.2) is 0 Å². The second kappa shape index (κ2) is 4.76. The summed E-state index contributed by atoms with van der Waals surface area (Å²) >= 11 is 7.18. The second-order valence-electron chi connectivity index (χ2n) is 3.07. The molecule has 0 saturated carbocycles. The molecule has 0 N–H and O–H groups in total. The average molecular weight is 272 g/mol. The first-order valence-electron chi connectivity index (χ1n) is 3.75. The molecule has 0 fully saturated rings. The summed E-state index contributed by atoms with van der Waals surface area (Å²) in [4.78, 5) is 1.23. The number of halogens is 2. The summed E-state index contributed by atoms with van der Waals surface area (Å²) in [6.07, 6.45) is 0. The van der Waals surface area contributed by atoms with Gasteiger partial charge in [0.2, 0.25) is 0 Å². The van der Waals surface area contributed by atoms with E-state index in [2.05, 4.69) is 59.6 Å². The van der Waals surface area contributed by atoms with Crippen molar-refractivity contribution in [3.05, 3.63) is 0 Å². The van der Waals surface area contributed by atoms with E-state index < -0.39 is 0 Å². The maximum atomic E-state index is 3.59. The van der Waals surface area contributed by atoms with Gasteiger partial charge in [-0.1, -0.05) is 59.6 Å². The topological polar surface area (TPSA) is 0 Å². The Bertz CT molecular complexity index is 77.3. The van der Waals surface area contributed by atoms with Gasteiger partial charge in [0.25, 0.3) is 0 Å². The molecule has 0 aromatic rings. The Kier molecular flexibility index (Phi) is 5.22. The predicted molar refractivity (Wildman–Crippen MR) is 55.1 cm³/mol. The predicted octanol–water partition coefficient (Wildman–Crippen LogP) is 3.83. The van der Waals surface area contributed by atoms with Crippen LogP contribution in [0.25, 0.3) is 0 Å². The Morgan fingerprint density at radius 3 is 1.00 bits per heavy atom. The molecule has 0 aliphatic carbocycles. The molecule has 0 radical (unpaired) electrons. The maximum absolute atomic E-state index is 3.59. The molecule has 0 bridgehead atoms. The van der Waals surface area contributed by atoms with Crippen molar-refractivity contribution in [3.63, 3.8) is 0 Å². The summed E-state index contributed by atoms with van der Waals surface area (Å²) in [5, 5.41) is 0. The van der Waals surface area contributed by atoms with Gasteiger partial charge in [0.1, 0.15) is 0 Å². The van der Waals surface area contributed by atoms with Gasteiger partial charge in [0.15, 0.2) is 0 Å². The zero-order valence-electron chi connectivity index (χ0n) is 7.07. The standard InChI is InChI=1S/C8H16Br2/c1-5(7(3)9)6(2)8(4)10/h5-8H,1-4H3/t5-,6+,7+,8?/m1/s1. The monoisotopic (exact) mass is 270 g/mol. The largest absolute Gasteiger partial charge is 0.0891 e. The van der Waals surface area contributed by atoms with Gasteiger partial charge in [-0.3, -0.25) is 0 Å². The van der Waals surface area contributed by atoms with Crippen LogP contribution in [0, 0.1) is 11.8 Å². The summed E-state index contributed by atoms with van der Waals surface area (Å²) in [5.41, 5.74) is 0. The smallest absolute Gasteiger partial charge is 0.0146 e. The zero-order chi connectivity index (χ0) is 8.31. The normalized spacial score (nSPS) is 23.4. The molecule has 0 nitrogen and oxygen atoms in total. The summed E-state index contributed by atoms with van der Waals surface area (Å²) in [6, 6.07) is 0. The highest BCUT2D eigenvalue weighted by Crippen LogP contribution is 2.26. The number of alkyl halides is 2. The number of rotatable bonds is 3. The fraction of sp³-hybridized carbons (Fsp3) is 1.00. The molecule has 62 valence electrons. The summed E-state index contributed by atoms with van der Waals surface area (Å²) in [6.45, 7) is 8.97. The fourth-order valence-corrected chi connectivity index (χ4v) is 1.80. The van der Waals surface area contributed by atoms with Crippen molar-refractivity contribution >= 4 is 31.9 Å². The van der Waals surface area contributed by atoms with Gasteiger partial charge in [-0.05, 0) is 11.8 Å². The lowest BCUT2D eigenvalue weighted by atomic mass is 9.91. The van der Waals surface area contributed by atoms with Crippen molar-refractivity contribution in [3.8, 4) is 0 Å². The Morgan fingerprint density at radius 2 is 0.900 bits per heavy atom. The van der Waals surface area contributed by atoms with E-state index in [4.69, 9.17) is 0 Å². The van der Waals surface area contributed by atoms with E-state index in [1.165, 1.54) is 0 Å². The molecule has 4 atom stereocenters. The summed E-state index contributed by atoms with van der Waals surface area (Å²) in [7, 11) is 0. The average Bonchev–Trinajstić information content (AvgIpc) is 1.84. The van der Waals surface area contributed by atoms with Crippen molar-refractivity contribution < 1.29 is 0 Å². The lowest BCUT2D eigenvalue weighted by molar-refractivity contribution is 0.390. The van der Waals surface area contributed by atoms with Crippen LogP contribution in [-0.2, 0) is 0 Å². The van der Waals surface area contributed by atoms with Gasteiger partial charge in [0, 0.05) is 9.65 Å². The van der Waals surface area contributed by atoms with E-state index >= 15 is 0 Å². The first-order chi connectivity index (χ1) is 4.46. The van der Waals surface area contributed by atoms with Crippen LogP contribution in [0.2, 0.25) is 0 Å². The van der Waals surface area contributed by atoms with Gasteiger partial charge in [0.05, 0.1) is 0 Å². The molecule has 1 unspecified atom stereocenters. The van der Waals surface area contributed by atoms with Crippen LogP contribution in [0.1, 0.15) is 27.7 Å². The quantitative estimate of drug-likeness (QED) is 0.685. The Hall–Kier alpha value is 0.960. The highest BCUT2D eigenvalue weighted by atomic mass is 79.9. The lowest BCUT2D eigenvalue weighted by Crippen LogP contribution is -2.22. The number of hydrogen-bond acceptors (Lipinski definition) is 0. The van der Waals surface area contributed by atoms with E-state index in [1.54, 1.807) is 0 Å². The zero-order valence-corrected chi connectivity index (χ0v) is 10.2. The van der Waals surface area contributed by atoms with Gasteiger partial charge >= 0.3 is 0 Å². The SMILES string of the molecule is CC(Br)[C@@H](C)[C@@H](C)[C@H](C)Br. The fourth-order valence-electron chi connectivity index (χ4n) is 0.837. The highest BCUT2D eigenvalue weighted by Gasteiger charge is 2.20. The van der Waals surface area contributed by atoms with Crippen LogP contribution < -0.4 is 0 Å². The van der Waals surface area contributed by atoms with E-state index in [1.807, 2.05) is 0 Å². The minimum absolute atomic E-state index is 0.613. The Labute approximate surface area is 81.0 Å². The lowest BCUT2D eigenvalue weighted by Gasteiger charge is -2.24. The number of hydrogen-bond donors (Lipinski definition) is 0. The van der Waals surface area contributed by atoms with Crippen LogP contribution in [0.5, 0.6) is 0 Å². The minimum Gasteiger partial charge on any atom is -0.0891 e. The molecular formula is C8H16Br2. The van der Waals surface area contributed by atoms with Crippen molar-refractivity contribution in [2.45, 2.75) is 37.3 Å². The molecule has 0 heterocycles. The Balaban J connectivity index is 3.81. The molecule has 0 aliphatic heterocycles. The molecular weight excluding hydrogens is 256 g/mol. The first kappa shape index (κ1) is 11.0. The molecule has 0 aliphatic rings. The van der Waals surface area contributed by atoms with Gasteiger partial charge < -0.3 is 0 Å². The molecule has 0 saturated heterocycles.